The van der Waals surface area contributed by atoms with E-state index in [-0.39, 0.29) is 0 Å². The highest BCUT2D eigenvalue weighted by molar-refractivity contribution is 5.32. The van der Waals surface area contributed by atoms with Crippen LogP contribution in [0.4, 0.5) is 0 Å². The lowest BCUT2D eigenvalue weighted by Gasteiger charge is -2.32. The van der Waals surface area contributed by atoms with Crippen molar-refractivity contribution in [3.63, 3.8) is 0 Å². The Morgan fingerprint density at radius 1 is 1.53 bits per heavy atom. The van der Waals surface area contributed by atoms with Gasteiger partial charge in [0.1, 0.15) is 0 Å². The highest BCUT2D eigenvalue weighted by Crippen LogP contribution is 2.14. The summed E-state index contributed by atoms with van der Waals surface area (Å²) >= 11 is 0. The molecule has 17 heavy (non-hydrogen) atoms. The standard InChI is InChI=1S/C14H19N3/c1-16-14-6-3-7-17(11-14)10-13-5-2-4-12(8-13)9-15/h2,4-5,8,14,16H,3,6-7,10-11H2,1H3. The smallest absolute Gasteiger partial charge is 0.0991 e. The molecule has 1 fully saturated rings. The predicted octanol–water partition coefficient (Wildman–Crippen LogP) is 1.74. The van der Waals surface area contributed by atoms with Gasteiger partial charge in [0, 0.05) is 19.1 Å². The van der Waals surface area contributed by atoms with E-state index in [0.717, 1.165) is 25.2 Å². The zero-order valence-electron chi connectivity index (χ0n) is 10.3. The van der Waals surface area contributed by atoms with Crippen LogP contribution in [-0.4, -0.2) is 31.1 Å². The number of benzene rings is 1. The second-order valence-electron chi connectivity index (χ2n) is 4.68. The lowest BCUT2D eigenvalue weighted by atomic mass is 10.0. The van der Waals surface area contributed by atoms with Gasteiger partial charge < -0.3 is 5.32 Å². The molecule has 1 aliphatic rings. The molecule has 1 heterocycles. The van der Waals surface area contributed by atoms with Crippen molar-refractivity contribution in [1.82, 2.24) is 10.2 Å². The first kappa shape index (κ1) is 12.1. The van der Waals surface area contributed by atoms with Gasteiger partial charge in [-0.2, -0.15) is 5.26 Å². The van der Waals surface area contributed by atoms with Gasteiger partial charge >= 0.3 is 0 Å². The van der Waals surface area contributed by atoms with E-state index in [4.69, 9.17) is 5.26 Å². The van der Waals surface area contributed by atoms with Crippen LogP contribution < -0.4 is 5.32 Å². The van der Waals surface area contributed by atoms with Crippen LogP contribution in [0.25, 0.3) is 0 Å². The summed E-state index contributed by atoms with van der Waals surface area (Å²) in [4.78, 5) is 2.46. The normalized spacial score (nSPS) is 21.1. The predicted molar refractivity (Wildman–Crippen MR) is 68.5 cm³/mol. The lowest BCUT2D eigenvalue weighted by Crippen LogP contribution is -2.43. The number of nitrogens with one attached hydrogen (secondary N) is 1. The van der Waals surface area contributed by atoms with Crippen molar-refractivity contribution >= 4 is 0 Å². The first-order valence-corrected chi connectivity index (χ1v) is 6.20. The third-order valence-electron chi connectivity index (χ3n) is 3.38. The molecule has 3 heteroatoms. The van der Waals surface area contributed by atoms with Gasteiger partial charge in [-0.1, -0.05) is 12.1 Å². The summed E-state index contributed by atoms with van der Waals surface area (Å²) in [5, 5.41) is 12.2. The molecule has 1 aromatic carbocycles. The van der Waals surface area contributed by atoms with Crippen molar-refractivity contribution in [2.45, 2.75) is 25.4 Å². The molecule has 3 nitrogen and oxygen atoms in total. The molecule has 90 valence electrons. The minimum absolute atomic E-state index is 0.614. The second-order valence-corrected chi connectivity index (χ2v) is 4.68. The number of rotatable bonds is 3. The van der Waals surface area contributed by atoms with Crippen molar-refractivity contribution in [2.75, 3.05) is 20.1 Å². The molecule has 2 rings (SSSR count). The maximum absolute atomic E-state index is 8.87. The lowest BCUT2D eigenvalue weighted by molar-refractivity contribution is 0.188. The summed E-state index contributed by atoms with van der Waals surface area (Å²) in [6.07, 6.45) is 2.52. The molecule has 1 saturated heterocycles. The summed E-state index contributed by atoms with van der Waals surface area (Å²) in [6.45, 7) is 3.22. The molecule has 0 aliphatic carbocycles. The largest absolute Gasteiger partial charge is 0.316 e. The third kappa shape index (κ3) is 3.29. The molecule has 1 atom stereocenters. The highest BCUT2D eigenvalue weighted by Gasteiger charge is 2.18. The first-order valence-electron chi connectivity index (χ1n) is 6.20. The minimum atomic E-state index is 0.614. The van der Waals surface area contributed by atoms with E-state index < -0.39 is 0 Å². The topological polar surface area (TPSA) is 39.1 Å². The summed E-state index contributed by atoms with van der Waals surface area (Å²) in [7, 11) is 2.03. The van der Waals surface area contributed by atoms with Crippen molar-refractivity contribution < 1.29 is 0 Å². The molecule has 0 saturated carbocycles. The molecule has 0 aromatic heterocycles. The van der Waals surface area contributed by atoms with E-state index in [9.17, 15) is 0 Å². The molecular formula is C14H19N3. The molecule has 1 aromatic rings. The van der Waals surface area contributed by atoms with Gasteiger partial charge in [0.15, 0.2) is 0 Å². The van der Waals surface area contributed by atoms with Gasteiger partial charge in [0.2, 0.25) is 0 Å². The maximum Gasteiger partial charge on any atom is 0.0991 e. The Hall–Kier alpha value is -1.37. The van der Waals surface area contributed by atoms with E-state index in [1.165, 1.54) is 18.4 Å². The number of nitrogens with zero attached hydrogens (tertiary/aromatic N) is 2. The third-order valence-corrected chi connectivity index (χ3v) is 3.38. The number of hydrogen-bond donors (Lipinski definition) is 1. The van der Waals surface area contributed by atoms with Gasteiger partial charge in [-0.05, 0) is 44.1 Å². The molecule has 1 N–H and O–H groups in total. The van der Waals surface area contributed by atoms with Crippen LogP contribution in [0.2, 0.25) is 0 Å². The number of hydrogen-bond acceptors (Lipinski definition) is 3. The molecule has 0 spiro atoms. The van der Waals surface area contributed by atoms with Crippen LogP contribution in [0.3, 0.4) is 0 Å². The minimum Gasteiger partial charge on any atom is -0.316 e. The number of likely N-dealkylation sites (tertiary alicyclic amines) is 1. The summed E-state index contributed by atoms with van der Waals surface area (Å²) in [5.74, 6) is 0. The van der Waals surface area contributed by atoms with Crippen LogP contribution in [-0.2, 0) is 6.54 Å². The van der Waals surface area contributed by atoms with E-state index >= 15 is 0 Å². The average Bonchev–Trinajstić information content (AvgIpc) is 2.39. The van der Waals surface area contributed by atoms with Crippen LogP contribution in [0.1, 0.15) is 24.0 Å². The number of nitriles is 1. The fourth-order valence-electron chi connectivity index (χ4n) is 2.43. The van der Waals surface area contributed by atoms with Gasteiger partial charge in [0.25, 0.3) is 0 Å². The number of likely N-dealkylation sites (N-methyl/N-ethyl adjacent to an activating group) is 1. The van der Waals surface area contributed by atoms with Crippen molar-refractivity contribution in [3.8, 4) is 6.07 Å². The summed E-state index contributed by atoms with van der Waals surface area (Å²) in [6, 6.07) is 10.7. The van der Waals surface area contributed by atoms with E-state index in [2.05, 4.69) is 22.4 Å². The Balaban J connectivity index is 1.98. The zero-order valence-corrected chi connectivity index (χ0v) is 10.3. The van der Waals surface area contributed by atoms with E-state index in [0.29, 0.717) is 6.04 Å². The van der Waals surface area contributed by atoms with Gasteiger partial charge in [0.05, 0.1) is 11.6 Å². The second kappa shape index (κ2) is 5.81. The van der Waals surface area contributed by atoms with Crippen LogP contribution in [0.15, 0.2) is 24.3 Å². The summed E-state index contributed by atoms with van der Waals surface area (Å²) < 4.78 is 0. The fourth-order valence-corrected chi connectivity index (χ4v) is 2.43. The molecule has 0 amide bonds. The van der Waals surface area contributed by atoms with E-state index in [1.807, 2.05) is 25.2 Å². The van der Waals surface area contributed by atoms with E-state index in [1.54, 1.807) is 0 Å². The highest BCUT2D eigenvalue weighted by atomic mass is 15.2. The van der Waals surface area contributed by atoms with Crippen molar-refractivity contribution in [3.05, 3.63) is 35.4 Å². The zero-order chi connectivity index (χ0) is 12.1. The SMILES string of the molecule is CNC1CCCN(Cc2cccc(C#N)c2)C1. The molecule has 0 radical (unpaired) electrons. The van der Waals surface area contributed by atoms with Crippen LogP contribution in [0, 0.1) is 11.3 Å². The Labute approximate surface area is 103 Å². The Morgan fingerprint density at radius 2 is 2.41 bits per heavy atom. The molecule has 0 bridgehead atoms. The Morgan fingerprint density at radius 3 is 3.18 bits per heavy atom. The Bertz CT molecular complexity index is 408. The molecular weight excluding hydrogens is 210 g/mol. The van der Waals surface area contributed by atoms with Crippen LogP contribution in [0.5, 0.6) is 0 Å². The fraction of sp³-hybridized carbons (Fsp3) is 0.500. The monoisotopic (exact) mass is 229 g/mol. The van der Waals surface area contributed by atoms with Crippen molar-refractivity contribution in [1.29, 1.82) is 5.26 Å². The average molecular weight is 229 g/mol. The van der Waals surface area contributed by atoms with Gasteiger partial charge in [-0.15, -0.1) is 0 Å². The van der Waals surface area contributed by atoms with Crippen molar-refractivity contribution in [2.24, 2.45) is 0 Å². The quantitative estimate of drug-likeness (QED) is 0.858. The Kier molecular flexibility index (Phi) is 4.13. The first-order chi connectivity index (χ1) is 8.31. The molecule has 1 aliphatic heterocycles. The number of piperidine rings is 1. The maximum atomic E-state index is 8.87. The van der Waals surface area contributed by atoms with Crippen LogP contribution >= 0.6 is 0 Å². The summed E-state index contributed by atoms with van der Waals surface area (Å²) in [5.41, 5.74) is 1.99. The van der Waals surface area contributed by atoms with Gasteiger partial charge in [-0.25, -0.2) is 0 Å². The molecule has 1 unspecified atom stereocenters. The van der Waals surface area contributed by atoms with Gasteiger partial charge in [-0.3, -0.25) is 4.90 Å².